The minimum absolute atomic E-state index is 1.11. The van der Waals surface area contributed by atoms with Gasteiger partial charge in [0.25, 0.3) is 0 Å². The second-order valence-electron chi connectivity index (χ2n) is 4.60. The fourth-order valence-electron chi connectivity index (χ4n) is 2.21. The molecule has 0 aliphatic carbocycles. The van der Waals surface area contributed by atoms with E-state index in [9.17, 15) is 0 Å². The summed E-state index contributed by atoms with van der Waals surface area (Å²) in [6, 6.07) is 25.6. The van der Waals surface area contributed by atoms with E-state index in [1.807, 2.05) is 6.07 Å². The first kappa shape index (κ1) is 13.8. The molecular formula is C18H12BrI. The van der Waals surface area contributed by atoms with Gasteiger partial charge in [-0.3, -0.25) is 0 Å². The molecule has 0 N–H and O–H groups in total. The lowest BCUT2D eigenvalue weighted by atomic mass is 9.99. The highest BCUT2D eigenvalue weighted by Gasteiger charge is 2.02. The van der Waals surface area contributed by atoms with Crippen LogP contribution in [-0.4, -0.2) is 0 Å². The summed E-state index contributed by atoms with van der Waals surface area (Å²) >= 11 is 5.88. The Morgan fingerprint density at radius 1 is 0.600 bits per heavy atom. The van der Waals surface area contributed by atoms with Crippen molar-refractivity contribution in [2.45, 2.75) is 0 Å². The summed E-state index contributed by atoms with van der Waals surface area (Å²) in [4.78, 5) is 0. The van der Waals surface area contributed by atoms with Crippen molar-refractivity contribution >= 4 is 38.5 Å². The third-order valence-electron chi connectivity index (χ3n) is 3.18. The molecule has 0 fully saturated rings. The van der Waals surface area contributed by atoms with E-state index < -0.39 is 0 Å². The second-order valence-corrected chi connectivity index (χ2v) is 6.76. The Labute approximate surface area is 141 Å². The molecule has 0 heterocycles. The lowest BCUT2D eigenvalue weighted by molar-refractivity contribution is 1.56. The number of hydrogen-bond acceptors (Lipinski definition) is 0. The molecule has 0 radical (unpaired) electrons. The predicted molar refractivity (Wildman–Crippen MR) is 97.7 cm³/mol. The van der Waals surface area contributed by atoms with E-state index in [0.717, 1.165) is 4.47 Å². The van der Waals surface area contributed by atoms with Crippen LogP contribution in [0.5, 0.6) is 0 Å². The van der Waals surface area contributed by atoms with Gasteiger partial charge in [0.1, 0.15) is 0 Å². The Morgan fingerprint density at radius 3 is 1.70 bits per heavy atom. The molecular weight excluding hydrogens is 423 g/mol. The van der Waals surface area contributed by atoms with Crippen LogP contribution in [0.25, 0.3) is 22.3 Å². The molecule has 2 heteroatoms. The molecule has 0 atom stereocenters. The van der Waals surface area contributed by atoms with Crippen LogP contribution < -0.4 is 0 Å². The average molecular weight is 435 g/mol. The van der Waals surface area contributed by atoms with Gasteiger partial charge in [0.05, 0.1) is 0 Å². The summed E-state index contributed by atoms with van der Waals surface area (Å²) in [5, 5.41) is 0. The largest absolute Gasteiger partial charge is 0.0610 e. The Balaban J connectivity index is 2.06. The number of halogens is 2. The van der Waals surface area contributed by atoms with E-state index in [4.69, 9.17) is 0 Å². The van der Waals surface area contributed by atoms with Crippen molar-refractivity contribution < 1.29 is 0 Å². The standard InChI is InChI=1S/C18H12BrI/c19-17-8-2-6-15(11-17)13-4-1-5-14(10-13)16-7-3-9-18(20)12-16/h1-12H. The first-order chi connectivity index (χ1) is 9.72. The summed E-state index contributed by atoms with van der Waals surface area (Å²) < 4.78 is 2.36. The Kier molecular flexibility index (Phi) is 4.22. The molecule has 0 unspecified atom stereocenters. The van der Waals surface area contributed by atoms with Crippen molar-refractivity contribution in [3.8, 4) is 22.3 Å². The first-order valence-electron chi connectivity index (χ1n) is 6.34. The van der Waals surface area contributed by atoms with Crippen LogP contribution in [0.3, 0.4) is 0 Å². The Bertz CT molecular complexity index is 689. The van der Waals surface area contributed by atoms with E-state index in [1.165, 1.54) is 25.8 Å². The van der Waals surface area contributed by atoms with Crippen LogP contribution in [0.4, 0.5) is 0 Å². The molecule has 0 amide bonds. The minimum atomic E-state index is 1.11. The molecule has 0 aromatic heterocycles. The van der Waals surface area contributed by atoms with Crippen molar-refractivity contribution in [1.29, 1.82) is 0 Å². The summed E-state index contributed by atoms with van der Waals surface area (Å²) in [6.45, 7) is 0. The van der Waals surface area contributed by atoms with Crippen LogP contribution in [0, 0.1) is 3.57 Å². The lowest BCUT2D eigenvalue weighted by Crippen LogP contribution is -1.82. The highest BCUT2D eigenvalue weighted by atomic mass is 127. The smallest absolute Gasteiger partial charge is 0.0181 e. The van der Waals surface area contributed by atoms with E-state index in [-0.39, 0.29) is 0 Å². The third-order valence-corrected chi connectivity index (χ3v) is 4.34. The molecule has 3 aromatic rings. The van der Waals surface area contributed by atoms with Gasteiger partial charge in [-0.15, -0.1) is 0 Å². The zero-order chi connectivity index (χ0) is 13.9. The van der Waals surface area contributed by atoms with Crippen molar-refractivity contribution in [2.24, 2.45) is 0 Å². The van der Waals surface area contributed by atoms with Crippen molar-refractivity contribution in [2.75, 3.05) is 0 Å². The van der Waals surface area contributed by atoms with Crippen molar-refractivity contribution in [3.63, 3.8) is 0 Å². The van der Waals surface area contributed by atoms with Gasteiger partial charge in [0.15, 0.2) is 0 Å². The maximum Gasteiger partial charge on any atom is 0.0181 e. The normalized spacial score (nSPS) is 10.5. The highest BCUT2D eigenvalue weighted by molar-refractivity contribution is 14.1. The molecule has 0 aliphatic rings. The molecule has 0 saturated heterocycles. The summed E-state index contributed by atoms with van der Waals surface area (Å²) in [7, 11) is 0. The Hall–Kier alpha value is -1.13. The van der Waals surface area contributed by atoms with E-state index >= 15 is 0 Å². The molecule has 0 spiro atoms. The number of hydrogen-bond donors (Lipinski definition) is 0. The Morgan fingerprint density at radius 2 is 1.10 bits per heavy atom. The zero-order valence-electron chi connectivity index (χ0n) is 10.7. The number of rotatable bonds is 2. The lowest BCUT2D eigenvalue weighted by Gasteiger charge is -2.07. The SMILES string of the molecule is Brc1cccc(-c2cccc(-c3cccc(I)c3)c2)c1. The fourth-order valence-corrected chi connectivity index (χ4v) is 3.16. The highest BCUT2D eigenvalue weighted by Crippen LogP contribution is 2.28. The van der Waals surface area contributed by atoms with Gasteiger partial charge < -0.3 is 0 Å². The van der Waals surface area contributed by atoms with Crippen LogP contribution >= 0.6 is 38.5 Å². The van der Waals surface area contributed by atoms with Gasteiger partial charge in [-0.25, -0.2) is 0 Å². The molecule has 98 valence electrons. The molecule has 20 heavy (non-hydrogen) atoms. The molecule has 0 saturated carbocycles. The van der Waals surface area contributed by atoms with Gasteiger partial charge in [-0.05, 0) is 75.2 Å². The molecule has 3 rings (SSSR count). The second kappa shape index (κ2) is 6.10. The first-order valence-corrected chi connectivity index (χ1v) is 8.21. The average Bonchev–Trinajstić information content (AvgIpc) is 2.47. The summed E-state index contributed by atoms with van der Waals surface area (Å²) in [5.74, 6) is 0. The van der Waals surface area contributed by atoms with E-state index in [0.29, 0.717) is 0 Å². The van der Waals surface area contributed by atoms with Crippen LogP contribution in [0.15, 0.2) is 77.3 Å². The molecule has 3 aromatic carbocycles. The van der Waals surface area contributed by atoms with E-state index in [1.54, 1.807) is 0 Å². The van der Waals surface area contributed by atoms with Crippen LogP contribution in [0.2, 0.25) is 0 Å². The van der Waals surface area contributed by atoms with Gasteiger partial charge >= 0.3 is 0 Å². The van der Waals surface area contributed by atoms with Gasteiger partial charge in [-0.1, -0.05) is 58.4 Å². The van der Waals surface area contributed by atoms with Gasteiger partial charge in [0.2, 0.25) is 0 Å². The maximum absolute atomic E-state index is 3.53. The van der Waals surface area contributed by atoms with E-state index in [2.05, 4.69) is 105 Å². The van der Waals surface area contributed by atoms with Crippen LogP contribution in [0.1, 0.15) is 0 Å². The van der Waals surface area contributed by atoms with Crippen LogP contribution in [-0.2, 0) is 0 Å². The van der Waals surface area contributed by atoms with Gasteiger partial charge in [0, 0.05) is 8.04 Å². The summed E-state index contributed by atoms with van der Waals surface area (Å²) in [5.41, 5.74) is 4.98. The quantitative estimate of drug-likeness (QED) is 0.410. The molecule has 0 aliphatic heterocycles. The monoisotopic (exact) mass is 434 g/mol. The fraction of sp³-hybridized carbons (Fsp3) is 0. The number of benzene rings is 3. The predicted octanol–water partition coefficient (Wildman–Crippen LogP) is 6.39. The van der Waals surface area contributed by atoms with Gasteiger partial charge in [-0.2, -0.15) is 0 Å². The van der Waals surface area contributed by atoms with Crippen molar-refractivity contribution in [1.82, 2.24) is 0 Å². The summed E-state index contributed by atoms with van der Waals surface area (Å²) in [6.07, 6.45) is 0. The molecule has 0 bridgehead atoms. The molecule has 0 nitrogen and oxygen atoms in total. The zero-order valence-corrected chi connectivity index (χ0v) is 14.4. The topological polar surface area (TPSA) is 0 Å². The third kappa shape index (κ3) is 3.13. The van der Waals surface area contributed by atoms with Crippen molar-refractivity contribution in [3.05, 3.63) is 80.8 Å². The maximum atomic E-state index is 3.53. The minimum Gasteiger partial charge on any atom is -0.0610 e.